The Hall–Kier alpha value is -2.01. The van der Waals surface area contributed by atoms with E-state index in [-0.39, 0.29) is 5.95 Å². The summed E-state index contributed by atoms with van der Waals surface area (Å²) in [4.78, 5) is 12.3. The molecule has 0 saturated carbocycles. The van der Waals surface area contributed by atoms with E-state index in [4.69, 9.17) is 15.6 Å². The van der Waals surface area contributed by atoms with E-state index in [1.165, 1.54) is 10.9 Å². The SMILES string of the molecule is CNc1nc(N)nc2c1ncn2C1O[C@H](CO)[C@@H](O)[C@H]1O. The van der Waals surface area contributed by atoms with Crippen molar-refractivity contribution in [1.82, 2.24) is 19.5 Å². The van der Waals surface area contributed by atoms with Gasteiger partial charge in [-0.1, -0.05) is 0 Å². The topological polar surface area (TPSA) is 152 Å². The van der Waals surface area contributed by atoms with Crippen molar-refractivity contribution >= 4 is 22.9 Å². The fraction of sp³-hybridized carbons (Fsp3) is 0.545. The largest absolute Gasteiger partial charge is 0.394 e. The summed E-state index contributed by atoms with van der Waals surface area (Å²) in [5, 5.41) is 31.9. The molecule has 10 heteroatoms. The molecule has 4 atom stereocenters. The highest BCUT2D eigenvalue weighted by molar-refractivity contribution is 5.84. The molecular formula is C11H16N6O4. The van der Waals surface area contributed by atoms with Crippen molar-refractivity contribution in [3.63, 3.8) is 0 Å². The lowest BCUT2D eigenvalue weighted by atomic mass is 10.1. The van der Waals surface area contributed by atoms with Crippen molar-refractivity contribution in [3.8, 4) is 0 Å². The number of nitrogens with zero attached hydrogens (tertiary/aromatic N) is 4. The number of anilines is 2. The molecule has 0 aromatic carbocycles. The highest BCUT2D eigenvalue weighted by Gasteiger charge is 2.44. The van der Waals surface area contributed by atoms with Gasteiger partial charge in [-0.2, -0.15) is 9.97 Å². The van der Waals surface area contributed by atoms with Crippen molar-refractivity contribution < 1.29 is 20.1 Å². The first-order chi connectivity index (χ1) is 10.1. The first-order valence-corrected chi connectivity index (χ1v) is 6.37. The molecular weight excluding hydrogens is 280 g/mol. The van der Waals surface area contributed by atoms with Crippen LogP contribution in [0.25, 0.3) is 11.2 Å². The Morgan fingerprint density at radius 1 is 1.38 bits per heavy atom. The summed E-state index contributed by atoms with van der Waals surface area (Å²) >= 11 is 0. The highest BCUT2D eigenvalue weighted by Crippen LogP contribution is 2.32. The number of hydrogen-bond donors (Lipinski definition) is 5. The number of aliphatic hydroxyl groups excluding tert-OH is 3. The molecule has 2 aromatic rings. The van der Waals surface area contributed by atoms with Crippen LogP contribution in [0.15, 0.2) is 6.33 Å². The smallest absolute Gasteiger partial charge is 0.224 e. The quantitative estimate of drug-likeness (QED) is 0.435. The molecule has 0 amide bonds. The van der Waals surface area contributed by atoms with Crippen molar-refractivity contribution in [2.75, 3.05) is 24.7 Å². The molecule has 1 saturated heterocycles. The Morgan fingerprint density at radius 2 is 2.14 bits per heavy atom. The van der Waals surface area contributed by atoms with Gasteiger partial charge in [0.25, 0.3) is 0 Å². The minimum atomic E-state index is -1.21. The lowest BCUT2D eigenvalue weighted by Gasteiger charge is -2.16. The number of nitrogens with one attached hydrogen (secondary N) is 1. The van der Waals surface area contributed by atoms with Gasteiger partial charge in [0.05, 0.1) is 12.9 Å². The number of fused-ring (bicyclic) bond motifs is 1. The van der Waals surface area contributed by atoms with Gasteiger partial charge in [0.2, 0.25) is 5.95 Å². The van der Waals surface area contributed by atoms with E-state index >= 15 is 0 Å². The molecule has 0 radical (unpaired) electrons. The van der Waals surface area contributed by atoms with Gasteiger partial charge in [-0.05, 0) is 0 Å². The molecule has 21 heavy (non-hydrogen) atoms. The van der Waals surface area contributed by atoms with Crippen LogP contribution >= 0.6 is 0 Å². The molecule has 0 spiro atoms. The van der Waals surface area contributed by atoms with E-state index in [1.807, 2.05) is 0 Å². The van der Waals surface area contributed by atoms with Crippen LogP contribution in [-0.2, 0) is 4.74 Å². The Morgan fingerprint density at radius 3 is 2.76 bits per heavy atom. The van der Waals surface area contributed by atoms with Crippen LogP contribution in [0.4, 0.5) is 11.8 Å². The zero-order chi connectivity index (χ0) is 15.1. The molecule has 10 nitrogen and oxygen atoms in total. The van der Waals surface area contributed by atoms with Gasteiger partial charge in [0, 0.05) is 7.05 Å². The van der Waals surface area contributed by atoms with Gasteiger partial charge >= 0.3 is 0 Å². The Bertz CT molecular complexity index is 661. The van der Waals surface area contributed by atoms with E-state index < -0.39 is 31.1 Å². The highest BCUT2D eigenvalue weighted by atomic mass is 16.6. The summed E-state index contributed by atoms with van der Waals surface area (Å²) in [5.74, 6) is 0.489. The lowest BCUT2D eigenvalue weighted by molar-refractivity contribution is -0.0511. The number of aliphatic hydroxyl groups is 3. The maximum Gasteiger partial charge on any atom is 0.224 e. The maximum absolute atomic E-state index is 10.1. The molecule has 3 rings (SSSR count). The summed E-state index contributed by atoms with van der Waals surface area (Å²) in [5.41, 5.74) is 6.47. The number of rotatable bonds is 3. The zero-order valence-electron chi connectivity index (χ0n) is 11.2. The van der Waals surface area contributed by atoms with Gasteiger partial charge < -0.3 is 31.1 Å². The van der Waals surface area contributed by atoms with Crippen molar-refractivity contribution in [3.05, 3.63) is 6.33 Å². The lowest BCUT2D eigenvalue weighted by Crippen LogP contribution is -2.33. The summed E-state index contributed by atoms with van der Waals surface area (Å²) in [7, 11) is 1.67. The van der Waals surface area contributed by atoms with Crippen molar-refractivity contribution in [1.29, 1.82) is 0 Å². The average molecular weight is 296 g/mol. The van der Waals surface area contributed by atoms with Crippen LogP contribution in [0.1, 0.15) is 6.23 Å². The van der Waals surface area contributed by atoms with E-state index in [0.717, 1.165) is 0 Å². The van der Waals surface area contributed by atoms with Crippen LogP contribution < -0.4 is 11.1 Å². The van der Waals surface area contributed by atoms with Crippen molar-refractivity contribution in [2.24, 2.45) is 0 Å². The van der Waals surface area contributed by atoms with Crippen LogP contribution in [0.5, 0.6) is 0 Å². The third-order valence-electron chi connectivity index (χ3n) is 3.47. The van der Waals surface area contributed by atoms with Gasteiger partial charge in [-0.15, -0.1) is 0 Å². The van der Waals surface area contributed by atoms with Crippen LogP contribution in [0.2, 0.25) is 0 Å². The summed E-state index contributed by atoms with van der Waals surface area (Å²) in [6.07, 6.45) is -2.78. The third-order valence-corrected chi connectivity index (χ3v) is 3.47. The molecule has 6 N–H and O–H groups in total. The maximum atomic E-state index is 10.1. The fourth-order valence-electron chi connectivity index (χ4n) is 2.40. The molecule has 3 heterocycles. The predicted molar refractivity (Wildman–Crippen MR) is 72.3 cm³/mol. The molecule has 2 aromatic heterocycles. The molecule has 0 aliphatic carbocycles. The number of aromatic nitrogens is 4. The fourth-order valence-corrected chi connectivity index (χ4v) is 2.40. The standard InChI is InChI=1S/C11H16N6O4/c1-13-8-5-9(16-11(12)15-8)17(3-14-5)10-7(20)6(19)4(2-18)21-10/h3-4,6-7,10,18-20H,2H2,1H3,(H3,12,13,15,16)/t4-,6-,7-,10?/m1/s1. The number of imidazole rings is 1. The number of ether oxygens (including phenoxy) is 1. The molecule has 1 fully saturated rings. The second-order valence-electron chi connectivity index (χ2n) is 4.73. The molecule has 114 valence electrons. The van der Waals surface area contributed by atoms with Gasteiger partial charge in [0.1, 0.15) is 18.3 Å². The number of hydrogen-bond acceptors (Lipinski definition) is 9. The third kappa shape index (κ3) is 2.08. The van der Waals surface area contributed by atoms with Gasteiger partial charge in [0.15, 0.2) is 23.2 Å². The summed E-state index contributed by atoms with van der Waals surface area (Å²) in [6, 6.07) is 0. The van der Waals surface area contributed by atoms with Crippen LogP contribution in [-0.4, -0.2) is 66.8 Å². The summed E-state index contributed by atoms with van der Waals surface area (Å²) < 4.78 is 6.91. The molecule has 0 bridgehead atoms. The molecule has 1 aliphatic rings. The van der Waals surface area contributed by atoms with E-state index in [1.54, 1.807) is 7.05 Å². The first-order valence-electron chi connectivity index (χ1n) is 6.37. The monoisotopic (exact) mass is 296 g/mol. The van der Waals surface area contributed by atoms with Gasteiger partial charge in [-0.25, -0.2) is 4.98 Å². The van der Waals surface area contributed by atoms with E-state index in [2.05, 4.69) is 20.3 Å². The second-order valence-corrected chi connectivity index (χ2v) is 4.73. The predicted octanol–water partition coefficient (Wildman–Crippen LogP) is -1.94. The normalized spacial score (nSPS) is 29.1. The van der Waals surface area contributed by atoms with Crippen molar-refractivity contribution in [2.45, 2.75) is 24.5 Å². The van der Waals surface area contributed by atoms with E-state index in [0.29, 0.717) is 17.0 Å². The van der Waals surface area contributed by atoms with Gasteiger partial charge in [-0.3, -0.25) is 4.57 Å². The molecule has 1 unspecified atom stereocenters. The minimum Gasteiger partial charge on any atom is -0.394 e. The first kappa shape index (κ1) is 13.9. The Balaban J connectivity index is 2.07. The number of nitrogen functional groups attached to an aromatic ring is 1. The number of nitrogens with two attached hydrogens (primary N) is 1. The van der Waals surface area contributed by atoms with Crippen LogP contribution in [0, 0.1) is 0 Å². The Kier molecular flexibility index (Phi) is 3.37. The minimum absolute atomic E-state index is 0.0420. The average Bonchev–Trinajstić information content (AvgIpc) is 3.01. The van der Waals surface area contributed by atoms with Crippen LogP contribution in [0.3, 0.4) is 0 Å². The Labute approximate surface area is 119 Å². The summed E-state index contributed by atoms with van der Waals surface area (Å²) in [6.45, 7) is -0.403. The zero-order valence-corrected chi connectivity index (χ0v) is 11.2. The second kappa shape index (κ2) is 5.07. The van der Waals surface area contributed by atoms with E-state index in [9.17, 15) is 10.2 Å². The molecule has 1 aliphatic heterocycles.